The van der Waals surface area contributed by atoms with Gasteiger partial charge in [0.25, 0.3) is 0 Å². The fourth-order valence-corrected chi connectivity index (χ4v) is 3.88. The summed E-state index contributed by atoms with van der Waals surface area (Å²) in [6.07, 6.45) is 1.44. The van der Waals surface area contributed by atoms with Crippen LogP contribution in [-0.2, 0) is 22.9 Å². The van der Waals surface area contributed by atoms with Crippen LogP contribution in [0, 0.1) is 11.8 Å². The van der Waals surface area contributed by atoms with Crippen LogP contribution in [-0.4, -0.2) is 8.42 Å². The van der Waals surface area contributed by atoms with Gasteiger partial charge in [-0.15, -0.1) is 0 Å². The van der Waals surface area contributed by atoms with E-state index in [9.17, 15) is 8.42 Å². The average molecular weight is 412 g/mol. The average Bonchev–Trinajstić information content (AvgIpc) is 2.74. The van der Waals surface area contributed by atoms with Crippen molar-refractivity contribution in [3.63, 3.8) is 0 Å². The molecule has 4 aromatic rings. The van der Waals surface area contributed by atoms with Crippen LogP contribution in [0.1, 0.15) is 22.3 Å². The van der Waals surface area contributed by atoms with Gasteiger partial charge in [0.15, 0.2) is 0 Å². The van der Waals surface area contributed by atoms with Crippen molar-refractivity contribution < 1.29 is 8.42 Å². The lowest BCUT2D eigenvalue weighted by atomic mass is 10.00. The quantitative estimate of drug-likeness (QED) is 0.496. The normalized spacial score (nSPS) is 11.1. The summed E-state index contributed by atoms with van der Waals surface area (Å²) in [4.78, 5) is 0.111. The van der Waals surface area contributed by atoms with E-state index in [1.807, 2.05) is 12.1 Å². The molecule has 148 valence electrons. The van der Waals surface area contributed by atoms with E-state index in [-0.39, 0.29) is 4.90 Å². The molecule has 4 rings (SSSR count). The number of primary sulfonamides is 1. The monoisotopic (exact) mass is 411 g/mol. The maximum Gasteiger partial charge on any atom is 0.238 e. The zero-order chi connectivity index (χ0) is 21.0. The highest BCUT2D eigenvalue weighted by Crippen LogP contribution is 2.20. The topological polar surface area (TPSA) is 60.2 Å². The van der Waals surface area contributed by atoms with Crippen molar-refractivity contribution in [1.82, 2.24) is 0 Å². The Morgan fingerprint density at radius 1 is 0.700 bits per heavy atom. The Kier molecular flexibility index (Phi) is 5.67. The van der Waals surface area contributed by atoms with Gasteiger partial charge in [-0.25, -0.2) is 13.6 Å². The van der Waals surface area contributed by atoms with Gasteiger partial charge in [0.05, 0.1) is 4.90 Å². The highest BCUT2D eigenvalue weighted by Gasteiger charge is 2.06. The largest absolute Gasteiger partial charge is 0.238 e. The molecule has 0 saturated heterocycles. The number of hydrogen-bond acceptors (Lipinski definition) is 2. The lowest BCUT2D eigenvalue weighted by molar-refractivity contribution is 0.598. The molecule has 2 N–H and O–H groups in total. The summed E-state index contributed by atoms with van der Waals surface area (Å²) in [7, 11) is -3.66. The van der Waals surface area contributed by atoms with Crippen LogP contribution in [0.15, 0.2) is 95.9 Å². The van der Waals surface area contributed by atoms with Crippen molar-refractivity contribution in [2.45, 2.75) is 17.7 Å². The minimum atomic E-state index is -3.66. The molecule has 0 fully saturated rings. The molecule has 0 unspecified atom stereocenters. The standard InChI is InChI=1S/C26H21NO2S/c27-30(28,29)26-15-11-20(12-16-26)7-4-8-22-9-13-24-14-10-23(19-25(24)18-22)17-21-5-2-1-3-6-21/h1-3,5-6,9-16,18-19H,7,17H2,(H2,27,28,29). The molecule has 3 nitrogen and oxygen atoms in total. The van der Waals surface area contributed by atoms with E-state index in [0.29, 0.717) is 6.42 Å². The molecule has 0 spiro atoms. The molecule has 0 aromatic heterocycles. The second-order valence-corrected chi connectivity index (χ2v) is 8.79. The van der Waals surface area contributed by atoms with Crippen LogP contribution >= 0.6 is 0 Å². The third kappa shape index (κ3) is 4.96. The fourth-order valence-electron chi connectivity index (χ4n) is 3.36. The summed E-state index contributed by atoms with van der Waals surface area (Å²) in [5, 5.41) is 7.49. The van der Waals surface area contributed by atoms with Gasteiger partial charge in [-0.2, -0.15) is 0 Å². The van der Waals surface area contributed by atoms with Crippen LogP contribution < -0.4 is 5.14 Å². The van der Waals surface area contributed by atoms with Crippen molar-refractivity contribution in [2.24, 2.45) is 5.14 Å². The minimum Gasteiger partial charge on any atom is -0.225 e. The summed E-state index contributed by atoms with van der Waals surface area (Å²) < 4.78 is 22.7. The van der Waals surface area contributed by atoms with Crippen LogP contribution in [0.4, 0.5) is 0 Å². The first-order valence-corrected chi connectivity index (χ1v) is 11.2. The van der Waals surface area contributed by atoms with E-state index in [2.05, 4.69) is 66.4 Å². The Labute approximate surface area is 177 Å². The summed E-state index contributed by atoms with van der Waals surface area (Å²) in [6.45, 7) is 0. The second kappa shape index (κ2) is 8.54. The van der Waals surface area contributed by atoms with Crippen LogP contribution in [0.5, 0.6) is 0 Å². The summed E-state index contributed by atoms with van der Waals surface area (Å²) in [6, 6.07) is 29.7. The summed E-state index contributed by atoms with van der Waals surface area (Å²) in [5.41, 5.74) is 4.47. The number of fused-ring (bicyclic) bond motifs is 1. The lowest BCUT2D eigenvalue weighted by Crippen LogP contribution is -2.11. The molecule has 4 aromatic carbocycles. The Bertz CT molecular complexity index is 1350. The molecule has 0 aliphatic heterocycles. The fraction of sp³-hybridized carbons (Fsp3) is 0.0769. The first kappa shape index (κ1) is 19.9. The van der Waals surface area contributed by atoms with Gasteiger partial charge >= 0.3 is 0 Å². The molecule has 0 aliphatic carbocycles. The molecule has 0 atom stereocenters. The van der Waals surface area contributed by atoms with E-state index >= 15 is 0 Å². The van der Waals surface area contributed by atoms with Gasteiger partial charge in [0.2, 0.25) is 10.0 Å². The Morgan fingerprint density at radius 2 is 1.40 bits per heavy atom. The van der Waals surface area contributed by atoms with E-state index < -0.39 is 10.0 Å². The number of hydrogen-bond donors (Lipinski definition) is 1. The van der Waals surface area contributed by atoms with Crippen molar-refractivity contribution in [2.75, 3.05) is 0 Å². The minimum absolute atomic E-state index is 0.111. The summed E-state index contributed by atoms with van der Waals surface area (Å²) in [5.74, 6) is 6.37. The molecule has 0 heterocycles. The van der Waals surface area contributed by atoms with Gasteiger partial charge in [0, 0.05) is 12.0 Å². The number of benzene rings is 4. The molecule has 0 bridgehead atoms. The second-order valence-electron chi connectivity index (χ2n) is 7.23. The molecular formula is C26H21NO2S. The maximum atomic E-state index is 11.3. The van der Waals surface area contributed by atoms with Crippen LogP contribution in [0.3, 0.4) is 0 Å². The highest BCUT2D eigenvalue weighted by molar-refractivity contribution is 7.89. The molecule has 0 saturated carbocycles. The molecule has 0 amide bonds. The maximum absolute atomic E-state index is 11.3. The van der Waals surface area contributed by atoms with Crippen LogP contribution in [0.25, 0.3) is 10.8 Å². The van der Waals surface area contributed by atoms with Crippen LogP contribution in [0.2, 0.25) is 0 Å². The lowest BCUT2D eigenvalue weighted by Gasteiger charge is -2.05. The summed E-state index contributed by atoms with van der Waals surface area (Å²) >= 11 is 0. The van der Waals surface area contributed by atoms with E-state index in [0.717, 1.165) is 17.5 Å². The number of sulfonamides is 1. The molecule has 4 heteroatoms. The smallest absolute Gasteiger partial charge is 0.225 e. The first-order chi connectivity index (χ1) is 14.5. The van der Waals surface area contributed by atoms with Gasteiger partial charge in [0.1, 0.15) is 0 Å². The molecule has 30 heavy (non-hydrogen) atoms. The predicted octanol–water partition coefficient (Wildman–Crippen LogP) is 4.67. The number of rotatable bonds is 4. The third-order valence-electron chi connectivity index (χ3n) is 4.93. The van der Waals surface area contributed by atoms with E-state index in [4.69, 9.17) is 5.14 Å². The van der Waals surface area contributed by atoms with Crippen molar-refractivity contribution in [3.05, 3.63) is 113 Å². The number of nitrogens with two attached hydrogens (primary N) is 1. The predicted molar refractivity (Wildman–Crippen MR) is 122 cm³/mol. The van der Waals surface area contributed by atoms with Gasteiger partial charge in [-0.3, -0.25) is 0 Å². The van der Waals surface area contributed by atoms with Gasteiger partial charge in [-0.05, 0) is 58.1 Å². The third-order valence-corrected chi connectivity index (χ3v) is 5.86. The first-order valence-electron chi connectivity index (χ1n) is 9.65. The van der Waals surface area contributed by atoms with Crippen molar-refractivity contribution in [3.8, 4) is 11.8 Å². The molecule has 0 aliphatic rings. The Balaban J connectivity index is 1.51. The molecule has 0 radical (unpaired) electrons. The van der Waals surface area contributed by atoms with Crippen molar-refractivity contribution in [1.29, 1.82) is 0 Å². The van der Waals surface area contributed by atoms with E-state index in [1.54, 1.807) is 12.1 Å². The zero-order valence-electron chi connectivity index (χ0n) is 16.4. The van der Waals surface area contributed by atoms with Crippen molar-refractivity contribution >= 4 is 20.8 Å². The zero-order valence-corrected chi connectivity index (χ0v) is 17.2. The SMILES string of the molecule is NS(=O)(=O)c1ccc(CC#Cc2ccc3ccc(Cc4ccccc4)cc3c2)cc1. The van der Waals surface area contributed by atoms with Gasteiger partial charge in [-0.1, -0.05) is 78.6 Å². The molecular weight excluding hydrogens is 390 g/mol. The van der Waals surface area contributed by atoms with E-state index in [1.165, 1.54) is 34.0 Å². The Hall–Kier alpha value is -3.39. The highest BCUT2D eigenvalue weighted by atomic mass is 32.2. The Morgan fingerprint density at radius 3 is 2.13 bits per heavy atom. The van der Waals surface area contributed by atoms with Gasteiger partial charge < -0.3 is 0 Å².